The standard InChI is InChI=1S/C16H25NO3/c18-11-14-5-3-4-13(8-14)9-17-10-15(19)12-20-16-6-1-2-7-16/h3-5,8,15-19H,1-2,6-7,9-12H2. The third-order valence-corrected chi connectivity index (χ3v) is 3.71. The lowest BCUT2D eigenvalue weighted by molar-refractivity contribution is -0.00549. The summed E-state index contributed by atoms with van der Waals surface area (Å²) in [6.45, 7) is 1.68. The van der Waals surface area contributed by atoms with E-state index in [1.807, 2.05) is 24.3 Å². The van der Waals surface area contributed by atoms with Gasteiger partial charge in [-0.15, -0.1) is 0 Å². The maximum atomic E-state index is 9.86. The van der Waals surface area contributed by atoms with E-state index in [9.17, 15) is 5.11 Å². The molecule has 0 radical (unpaired) electrons. The van der Waals surface area contributed by atoms with Crippen LogP contribution >= 0.6 is 0 Å². The van der Waals surface area contributed by atoms with Crippen LogP contribution in [0, 0.1) is 0 Å². The van der Waals surface area contributed by atoms with E-state index in [4.69, 9.17) is 9.84 Å². The average Bonchev–Trinajstić information content (AvgIpc) is 2.99. The summed E-state index contributed by atoms with van der Waals surface area (Å²) in [6.07, 6.45) is 4.66. The minimum atomic E-state index is -0.461. The van der Waals surface area contributed by atoms with Crippen LogP contribution in [0.1, 0.15) is 36.8 Å². The quantitative estimate of drug-likeness (QED) is 0.676. The Morgan fingerprint density at radius 1 is 1.25 bits per heavy atom. The molecule has 0 aliphatic heterocycles. The third kappa shape index (κ3) is 5.21. The minimum absolute atomic E-state index is 0.0612. The molecule has 1 saturated carbocycles. The van der Waals surface area contributed by atoms with Crippen LogP contribution in [0.3, 0.4) is 0 Å². The smallest absolute Gasteiger partial charge is 0.0897 e. The second-order valence-electron chi connectivity index (χ2n) is 5.50. The molecule has 0 bridgehead atoms. The first kappa shape index (κ1) is 15.4. The van der Waals surface area contributed by atoms with Gasteiger partial charge >= 0.3 is 0 Å². The van der Waals surface area contributed by atoms with Crippen molar-refractivity contribution < 1.29 is 14.9 Å². The molecule has 20 heavy (non-hydrogen) atoms. The van der Waals surface area contributed by atoms with Crippen molar-refractivity contribution in [1.82, 2.24) is 5.32 Å². The molecule has 0 aromatic heterocycles. The molecule has 0 saturated heterocycles. The predicted molar refractivity (Wildman–Crippen MR) is 78.3 cm³/mol. The van der Waals surface area contributed by atoms with Gasteiger partial charge in [0.1, 0.15) is 0 Å². The highest BCUT2D eigenvalue weighted by Crippen LogP contribution is 2.20. The Morgan fingerprint density at radius 3 is 2.75 bits per heavy atom. The monoisotopic (exact) mass is 279 g/mol. The molecule has 1 unspecified atom stereocenters. The largest absolute Gasteiger partial charge is 0.392 e. The molecule has 3 N–H and O–H groups in total. The normalized spacial score (nSPS) is 17.5. The van der Waals surface area contributed by atoms with Crippen molar-refractivity contribution in [2.45, 2.75) is 51.0 Å². The molecule has 4 heteroatoms. The second kappa shape index (κ2) is 8.37. The second-order valence-corrected chi connectivity index (χ2v) is 5.50. The first-order valence-electron chi connectivity index (χ1n) is 7.47. The number of hydrogen-bond acceptors (Lipinski definition) is 4. The molecule has 1 aliphatic rings. The molecule has 1 atom stereocenters. The van der Waals surface area contributed by atoms with Crippen LogP contribution in [0.25, 0.3) is 0 Å². The van der Waals surface area contributed by atoms with E-state index in [1.165, 1.54) is 12.8 Å². The van der Waals surface area contributed by atoms with Crippen LogP contribution in [-0.2, 0) is 17.9 Å². The van der Waals surface area contributed by atoms with Crippen molar-refractivity contribution >= 4 is 0 Å². The zero-order chi connectivity index (χ0) is 14.2. The van der Waals surface area contributed by atoms with E-state index < -0.39 is 6.10 Å². The molecule has 112 valence electrons. The van der Waals surface area contributed by atoms with Crippen molar-refractivity contribution in [3.05, 3.63) is 35.4 Å². The van der Waals surface area contributed by atoms with Gasteiger partial charge in [0.15, 0.2) is 0 Å². The molecule has 1 aromatic rings. The van der Waals surface area contributed by atoms with Crippen LogP contribution in [0.15, 0.2) is 24.3 Å². The van der Waals surface area contributed by atoms with Crippen molar-refractivity contribution in [2.24, 2.45) is 0 Å². The molecule has 1 aliphatic carbocycles. The first-order valence-corrected chi connectivity index (χ1v) is 7.47. The van der Waals surface area contributed by atoms with Gasteiger partial charge in [-0.05, 0) is 24.0 Å². The summed E-state index contributed by atoms with van der Waals surface area (Å²) in [5.41, 5.74) is 2.02. The van der Waals surface area contributed by atoms with E-state index >= 15 is 0 Å². The molecule has 0 amide bonds. The van der Waals surface area contributed by atoms with E-state index in [0.717, 1.165) is 24.0 Å². The van der Waals surface area contributed by atoms with Gasteiger partial charge in [0.25, 0.3) is 0 Å². The molecule has 0 spiro atoms. The SMILES string of the molecule is OCc1cccc(CNCC(O)COC2CCCC2)c1. The van der Waals surface area contributed by atoms with Crippen molar-refractivity contribution in [1.29, 1.82) is 0 Å². The number of hydrogen-bond donors (Lipinski definition) is 3. The van der Waals surface area contributed by atoms with E-state index in [-0.39, 0.29) is 6.61 Å². The molecule has 0 heterocycles. The summed E-state index contributed by atoms with van der Waals surface area (Å²) in [6, 6.07) is 7.80. The Kier molecular flexibility index (Phi) is 6.47. The molecule has 1 fully saturated rings. The number of aliphatic hydroxyl groups excluding tert-OH is 2. The summed E-state index contributed by atoms with van der Waals surface area (Å²) in [4.78, 5) is 0. The Labute approximate surface area is 120 Å². The van der Waals surface area contributed by atoms with E-state index in [2.05, 4.69) is 5.32 Å². The molecule has 2 rings (SSSR count). The topological polar surface area (TPSA) is 61.7 Å². The maximum Gasteiger partial charge on any atom is 0.0897 e. The zero-order valence-corrected chi connectivity index (χ0v) is 11.9. The van der Waals surface area contributed by atoms with Gasteiger partial charge in [-0.3, -0.25) is 0 Å². The van der Waals surface area contributed by atoms with Crippen molar-refractivity contribution in [3.8, 4) is 0 Å². The van der Waals surface area contributed by atoms with Crippen LogP contribution in [0.5, 0.6) is 0 Å². The van der Waals surface area contributed by atoms with Crippen LogP contribution in [0.2, 0.25) is 0 Å². The lowest BCUT2D eigenvalue weighted by atomic mass is 10.1. The fraction of sp³-hybridized carbons (Fsp3) is 0.625. The summed E-state index contributed by atoms with van der Waals surface area (Å²) >= 11 is 0. The van der Waals surface area contributed by atoms with Gasteiger partial charge in [0.05, 0.1) is 25.4 Å². The summed E-state index contributed by atoms with van der Waals surface area (Å²) in [7, 11) is 0. The molecular weight excluding hydrogens is 254 g/mol. The zero-order valence-electron chi connectivity index (χ0n) is 11.9. The van der Waals surface area contributed by atoms with Gasteiger partial charge in [-0.25, -0.2) is 0 Å². The van der Waals surface area contributed by atoms with Gasteiger partial charge in [-0.1, -0.05) is 37.1 Å². The highest BCUT2D eigenvalue weighted by molar-refractivity contribution is 5.22. The van der Waals surface area contributed by atoms with Crippen molar-refractivity contribution in [3.63, 3.8) is 0 Å². The summed E-state index contributed by atoms with van der Waals surface area (Å²) in [5.74, 6) is 0. The predicted octanol–water partition coefficient (Wildman–Crippen LogP) is 1.59. The van der Waals surface area contributed by atoms with Crippen LogP contribution in [-0.4, -0.2) is 35.6 Å². The number of benzene rings is 1. The average molecular weight is 279 g/mol. The van der Waals surface area contributed by atoms with Gasteiger partial charge in [-0.2, -0.15) is 0 Å². The highest BCUT2D eigenvalue weighted by atomic mass is 16.5. The highest BCUT2D eigenvalue weighted by Gasteiger charge is 2.16. The minimum Gasteiger partial charge on any atom is -0.392 e. The molecule has 1 aromatic carbocycles. The number of nitrogens with one attached hydrogen (secondary N) is 1. The lowest BCUT2D eigenvalue weighted by Gasteiger charge is -2.16. The van der Waals surface area contributed by atoms with Crippen molar-refractivity contribution in [2.75, 3.05) is 13.2 Å². The Hall–Kier alpha value is -0.940. The summed E-state index contributed by atoms with van der Waals surface area (Å²) < 4.78 is 5.68. The number of ether oxygens (including phenoxy) is 1. The fourth-order valence-electron chi connectivity index (χ4n) is 2.58. The summed E-state index contributed by atoms with van der Waals surface area (Å²) in [5, 5.41) is 22.1. The third-order valence-electron chi connectivity index (χ3n) is 3.71. The van der Waals surface area contributed by atoms with E-state index in [1.54, 1.807) is 0 Å². The van der Waals surface area contributed by atoms with Gasteiger partial charge in [0, 0.05) is 13.1 Å². The van der Waals surface area contributed by atoms with E-state index in [0.29, 0.717) is 25.8 Å². The van der Waals surface area contributed by atoms with Crippen LogP contribution in [0.4, 0.5) is 0 Å². The number of aliphatic hydroxyl groups is 2. The lowest BCUT2D eigenvalue weighted by Crippen LogP contribution is -2.31. The first-order chi connectivity index (χ1) is 9.78. The van der Waals surface area contributed by atoms with Gasteiger partial charge in [0.2, 0.25) is 0 Å². The number of rotatable bonds is 8. The maximum absolute atomic E-state index is 9.86. The Bertz CT molecular complexity index is 391. The van der Waals surface area contributed by atoms with Crippen LogP contribution < -0.4 is 5.32 Å². The fourth-order valence-corrected chi connectivity index (χ4v) is 2.58. The molecular formula is C16H25NO3. The Morgan fingerprint density at radius 2 is 2.00 bits per heavy atom. The Balaban J connectivity index is 1.61. The van der Waals surface area contributed by atoms with Gasteiger partial charge < -0.3 is 20.3 Å². The molecule has 4 nitrogen and oxygen atoms in total.